The second kappa shape index (κ2) is 5.55. The third-order valence-electron chi connectivity index (χ3n) is 3.45. The summed E-state index contributed by atoms with van der Waals surface area (Å²) in [5, 5.41) is 3.42. The molecule has 0 spiro atoms. The van der Waals surface area contributed by atoms with Crippen molar-refractivity contribution in [2.24, 2.45) is 0 Å². The average molecular weight is 326 g/mol. The van der Waals surface area contributed by atoms with Gasteiger partial charge in [-0.1, -0.05) is 0 Å². The Bertz CT molecular complexity index is 514. The Morgan fingerprint density at radius 3 is 3.17 bits per heavy atom. The first-order valence-electron chi connectivity index (χ1n) is 6.28. The zero-order valence-electron chi connectivity index (χ0n) is 10.1. The molecule has 3 nitrogen and oxygen atoms in total. The molecule has 1 unspecified atom stereocenters. The number of nitrogens with zero attached hydrogens (tertiary/aromatic N) is 2. The Morgan fingerprint density at radius 2 is 2.44 bits per heavy atom. The van der Waals surface area contributed by atoms with Crippen LogP contribution < -0.4 is 5.32 Å². The quantitative estimate of drug-likeness (QED) is 0.936. The van der Waals surface area contributed by atoms with Gasteiger partial charge in [0.2, 0.25) is 0 Å². The number of imidazole rings is 1. The first kappa shape index (κ1) is 12.4. The van der Waals surface area contributed by atoms with Gasteiger partial charge in [0, 0.05) is 35.8 Å². The Morgan fingerprint density at radius 1 is 1.50 bits per heavy atom. The molecule has 0 saturated carbocycles. The molecule has 1 N–H and O–H groups in total. The average Bonchev–Trinajstić information content (AvgIpc) is 3.07. The minimum absolute atomic E-state index is 0.641. The van der Waals surface area contributed by atoms with Crippen molar-refractivity contribution in [3.63, 3.8) is 0 Å². The summed E-state index contributed by atoms with van der Waals surface area (Å²) < 4.78 is 3.52. The predicted octanol–water partition coefficient (Wildman–Crippen LogP) is 3.03. The summed E-state index contributed by atoms with van der Waals surface area (Å²) in [6.07, 6.45) is 6.31. The molecule has 0 bridgehead atoms. The van der Waals surface area contributed by atoms with E-state index in [2.05, 4.69) is 42.9 Å². The highest BCUT2D eigenvalue weighted by molar-refractivity contribution is 9.11. The summed E-state index contributed by atoms with van der Waals surface area (Å²) in [6.45, 7) is 3.25. The van der Waals surface area contributed by atoms with E-state index < -0.39 is 0 Å². The van der Waals surface area contributed by atoms with Gasteiger partial charge in [-0.25, -0.2) is 4.98 Å². The van der Waals surface area contributed by atoms with Crippen LogP contribution in [-0.2, 0) is 13.0 Å². The molecule has 1 fully saturated rings. The number of thiophene rings is 1. The number of halogens is 1. The highest BCUT2D eigenvalue weighted by Crippen LogP contribution is 2.25. The van der Waals surface area contributed by atoms with Crippen LogP contribution in [0.15, 0.2) is 28.4 Å². The minimum Gasteiger partial charge on any atom is -0.334 e. The van der Waals surface area contributed by atoms with Crippen molar-refractivity contribution in [1.29, 1.82) is 0 Å². The number of hydrogen-bond donors (Lipinski definition) is 1. The lowest BCUT2D eigenvalue weighted by atomic mass is 10.1. The fourth-order valence-electron chi connectivity index (χ4n) is 2.48. The van der Waals surface area contributed by atoms with E-state index in [9.17, 15) is 0 Å². The lowest BCUT2D eigenvalue weighted by Gasteiger charge is -2.12. The van der Waals surface area contributed by atoms with Crippen LogP contribution in [0.25, 0.3) is 0 Å². The van der Waals surface area contributed by atoms with Gasteiger partial charge in [-0.3, -0.25) is 0 Å². The standard InChI is InChI=1S/C13H16BrN3S/c14-13-2-1-11(18-13)4-6-17-9-16-8-12(17)10-3-5-15-7-10/h1-2,8-10,15H,3-7H2. The fourth-order valence-corrected chi connectivity index (χ4v) is 3.95. The molecule has 1 aliphatic rings. The molecule has 96 valence electrons. The van der Waals surface area contributed by atoms with Gasteiger partial charge in [0.25, 0.3) is 0 Å². The van der Waals surface area contributed by atoms with Gasteiger partial charge in [0.1, 0.15) is 0 Å². The van der Waals surface area contributed by atoms with E-state index in [4.69, 9.17) is 0 Å². The molecule has 3 rings (SSSR count). The van der Waals surface area contributed by atoms with Crippen LogP contribution in [0, 0.1) is 0 Å². The molecule has 1 aliphatic heterocycles. The third kappa shape index (κ3) is 2.68. The molecule has 0 radical (unpaired) electrons. The van der Waals surface area contributed by atoms with E-state index in [-0.39, 0.29) is 0 Å². The van der Waals surface area contributed by atoms with Gasteiger partial charge < -0.3 is 9.88 Å². The lowest BCUT2D eigenvalue weighted by Crippen LogP contribution is -2.12. The number of aryl methyl sites for hydroxylation is 2. The summed E-state index contributed by atoms with van der Waals surface area (Å²) in [5.41, 5.74) is 1.38. The van der Waals surface area contributed by atoms with Crippen LogP contribution in [0.5, 0.6) is 0 Å². The van der Waals surface area contributed by atoms with E-state index in [1.165, 1.54) is 20.8 Å². The molecule has 0 aliphatic carbocycles. The number of aromatic nitrogens is 2. The van der Waals surface area contributed by atoms with Crippen molar-refractivity contribution in [2.45, 2.75) is 25.3 Å². The monoisotopic (exact) mass is 325 g/mol. The fraction of sp³-hybridized carbons (Fsp3) is 0.462. The summed E-state index contributed by atoms with van der Waals surface area (Å²) in [7, 11) is 0. The molecule has 1 atom stereocenters. The second-order valence-electron chi connectivity index (χ2n) is 4.66. The lowest BCUT2D eigenvalue weighted by molar-refractivity contribution is 0.615. The molecule has 5 heteroatoms. The van der Waals surface area contributed by atoms with Crippen molar-refractivity contribution in [3.05, 3.63) is 39.0 Å². The van der Waals surface area contributed by atoms with Crippen LogP contribution >= 0.6 is 27.3 Å². The molecule has 3 heterocycles. The van der Waals surface area contributed by atoms with Crippen molar-refractivity contribution in [3.8, 4) is 0 Å². The zero-order valence-corrected chi connectivity index (χ0v) is 12.5. The molecular formula is C13H16BrN3S. The Hall–Kier alpha value is -0.650. The van der Waals surface area contributed by atoms with Gasteiger partial charge >= 0.3 is 0 Å². The third-order valence-corrected chi connectivity index (χ3v) is 5.13. The highest BCUT2D eigenvalue weighted by atomic mass is 79.9. The summed E-state index contributed by atoms with van der Waals surface area (Å²) in [6, 6.07) is 4.32. The van der Waals surface area contributed by atoms with Crippen LogP contribution in [0.1, 0.15) is 22.9 Å². The SMILES string of the molecule is Brc1ccc(CCn2cncc2C2CCNC2)s1. The minimum atomic E-state index is 0.641. The van der Waals surface area contributed by atoms with E-state index in [0.29, 0.717) is 5.92 Å². The van der Waals surface area contributed by atoms with Crippen molar-refractivity contribution in [2.75, 3.05) is 13.1 Å². The molecule has 2 aromatic rings. The van der Waals surface area contributed by atoms with E-state index in [1.807, 2.05) is 23.9 Å². The molecular weight excluding hydrogens is 310 g/mol. The van der Waals surface area contributed by atoms with Gasteiger partial charge in [-0.2, -0.15) is 0 Å². The Kier molecular flexibility index (Phi) is 3.82. The summed E-state index contributed by atoms with van der Waals surface area (Å²) in [4.78, 5) is 5.74. The first-order valence-corrected chi connectivity index (χ1v) is 7.89. The van der Waals surface area contributed by atoms with Gasteiger partial charge in [-0.05, 0) is 47.4 Å². The molecule has 0 aromatic carbocycles. The maximum absolute atomic E-state index is 4.31. The van der Waals surface area contributed by atoms with Gasteiger partial charge in [0.05, 0.1) is 10.1 Å². The Balaban J connectivity index is 1.67. The normalized spacial score (nSPS) is 19.5. The van der Waals surface area contributed by atoms with Crippen molar-refractivity contribution < 1.29 is 0 Å². The maximum atomic E-state index is 4.31. The number of rotatable bonds is 4. The summed E-state index contributed by atoms with van der Waals surface area (Å²) >= 11 is 5.33. The number of nitrogens with one attached hydrogen (secondary N) is 1. The van der Waals surface area contributed by atoms with Gasteiger partial charge in [0.15, 0.2) is 0 Å². The number of hydrogen-bond acceptors (Lipinski definition) is 3. The molecule has 2 aromatic heterocycles. The van der Waals surface area contributed by atoms with E-state index >= 15 is 0 Å². The van der Waals surface area contributed by atoms with Gasteiger partial charge in [-0.15, -0.1) is 11.3 Å². The summed E-state index contributed by atoms with van der Waals surface area (Å²) in [5.74, 6) is 0.641. The van der Waals surface area contributed by atoms with Crippen LogP contribution in [0.4, 0.5) is 0 Å². The second-order valence-corrected chi connectivity index (χ2v) is 7.21. The molecule has 1 saturated heterocycles. The van der Waals surface area contributed by atoms with Crippen LogP contribution in [-0.4, -0.2) is 22.6 Å². The smallest absolute Gasteiger partial charge is 0.0948 e. The zero-order chi connectivity index (χ0) is 12.4. The first-order chi connectivity index (χ1) is 8.83. The molecule has 0 amide bonds. The van der Waals surface area contributed by atoms with Crippen LogP contribution in [0.3, 0.4) is 0 Å². The molecule has 18 heavy (non-hydrogen) atoms. The predicted molar refractivity (Wildman–Crippen MR) is 78.2 cm³/mol. The Labute approximate surface area is 119 Å². The van der Waals surface area contributed by atoms with E-state index in [0.717, 1.165) is 26.1 Å². The largest absolute Gasteiger partial charge is 0.334 e. The van der Waals surface area contributed by atoms with E-state index in [1.54, 1.807) is 0 Å². The van der Waals surface area contributed by atoms with Crippen molar-refractivity contribution >= 4 is 27.3 Å². The maximum Gasteiger partial charge on any atom is 0.0948 e. The van der Waals surface area contributed by atoms with Crippen molar-refractivity contribution in [1.82, 2.24) is 14.9 Å². The topological polar surface area (TPSA) is 29.9 Å². The van der Waals surface area contributed by atoms with Crippen LogP contribution in [0.2, 0.25) is 0 Å². The highest BCUT2D eigenvalue weighted by Gasteiger charge is 2.19.